The third-order valence-corrected chi connectivity index (χ3v) is 1.72. The van der Waals surface area contributed by atoms with Crippen LogP contribution in [0.2, 0.25) is 0 Å². The molecule has 0 saturated carbocycles. The van der Waals surface area contributed by atoms with Crippen molar-refractivity contribution in [3.05, 3.63) is 34.4 Å². The van der Waals surface area contributed by atoms with Gasteiger partial charge in [0.05, 0.1) is 0 Å². The molecule has 0 fully saturated rings. The minimum atomic E-state index is -2.20. The highest BCUT2D eigenvalue weighted by atomic mass is 19.2. The number of nitrogens with two attached hydrogens (primary N) is 1. The molecular weight excluding hydrogens is 234 g/mol. The fourth-order valence-electron chi connectivity index (χ4n) is 1.04. The van der Waals surface area contributed by atoms with E-state index in [1.54, 1.807) is 0 Å². The summed E-state index contributed by atoms with van der Waals surface area (Å²) in [6, 6.07) is 0. The van der Waals surface area contributed by atoms with Crippen molar-refractivity contribution in [3.8, 4) is 0 Å². The molecule has 0 aromatic heterocycles. The zero-order valence-corrected chi connectivity index (χ0v) is 7.35. The third kappa shape index (κ3) is 1.58. The van der Waals surface area contributed by atoms with Crippen molar-refractivity contribution in [2.45, 2.75) is 0 Å². The Morgan fingerprint density at radius 3 is 1.44 bits per heavy atom. The van der Waals surface area contributed by atoms with E-state index in [1.165, 1.54) is 0 Å². The first-order chi connectivity index (χ1) is 7.29. The van der Waals surface area contributed by atoms with Crippen LogP contribution in [0, 0.1) is 23.3 Å². The Morgan fingerprint density at radius 1 is 0.875 bits per heavy atom. The van der Waals surface area contributed by atoms with Gasteiger partial charge in [0, 0.05) is 0 Å². The molecule has 8 heteroatoms. The van der Waals surface area contributed by atoms with Gasteiger partial charge in [0.2, 0.25) is 0 Å². The lowest BCUT2D eigenvalue weighted by molar-refractivity contribution is 0.0682. The van der Waals surface area contributed by atoms with Gasteiger partial charge in [-0.2, -0.15) is 0 Å². The number of carboxylic acids is 1. The van der Waals surface area contributed by atoms with E-state index in [1.807, 2.05) is 0 Å². The minimum Gasteiger partial charge on any atom is -0.477 e. The van der Waals surface area contributed by atoms with Crippen molar-refractivity contribution in [1.82, 2.24) is 0 Å². The van der Waals surface area contributed by atoms with Crippen molar-refractivity contribution in [3.63, 3.8) is 0 Å². The molecule has 0 aliphatic carbocycles. The molecule has 0 heterocycles. The Morgan fingerprint density at radius 2 is 1.19 bits per heavy atom. The van der Waals surface area contributed by atoms with Gasteiger partial charge in [-0.25, -0.2) is 22.4 Å². The van der Waals surface area contributed by atoms with Crippen LogP contribution in [0.15, 0.2) is 0 Å². The van der Waals surface area contributed by atoms with Gasteiger partial charge >= 0.3 is 5.97 Å². The molecule has 1 aromatic rings. The molecule has 0 atom stereocenters. The summed E-state index contributed by atoms with van der Waals surface area (Å²) in [6.45, 7) is 0. The lowest BCUT2D eigenvalue weighted by atomic mass is 10.1. The summed E-state index contributed by atoms with van der Waals surface area (Å²) in [6.07, 6.45) is 0. The normalized spacial score (nSPS) is 10.2. The number of aromatic carboxylic acids is 1. The first-order valence-electron chi connectivity index (χ1n) is 3.68. The van der Waals surface area contributed by atoms with Gasteiger partial charge < -0.3 is 10.8 Å². The minimum absolute atomic E-state index is 1.65. The maximum Gasteiger partial charge on any atom is 0.341 e. The second-order valence-corrected chi connectivity index (χ2v) is 2.68. The maximum absolute atomic E-state index is 13.0. The Hall–Kier alpha value is -2.12. The second kappa shape index (κ2) is 3.80. The molecule has 0 saturated heterocycles. The molecule has 1 amide bonds. The van der Waals surface area contributed by atoms with E-state index in [-0.39, 0.29) is 0 Å². The third-order valence-electron chi connectivity index (χ3n) is 1.72. The van der Waals surface area contributed by atoms with E-state index in [2.05, 4.69) is 5.73 Å². The smallest absolute Gasteiger partial charge is 0.341 e. The molecule has 0 radical (unpaired) electrons. The van der Waals surface area contributed by atoms with E-state index in [0.29, 0.717) is 0 Å². The molecule has 0 aliphatic rings. The summed E-state index contributed by atoms with van der Waals surface area (Å²) in [5, 5.41) is 8.30. The largest absolute Gasteiger partial charge is 0.477 e. The van der Waals surface area contributed by atoms with E-state index in [4.69, 9.17) is 5.11 Å². The highest BCUT2D eigenvalue weighted by molar-refractivity contribution is 5.95. The van der Waals surface area contributed by atoms with Crippen LogP contribution >= 0.6 is 0 Å². The number of carbonyl (C=O) groups excluding carboxylic acids is 1. The average molecular weight is 237 g/mol. The quantitative estimate of drug-likeness (QED) is 0.595. The molecule has 3 N–H and O–H groups in total. The van der Waals surface area contributed by atoms with Gasteiger partial charge in [0.15, 0.2) is 23.3 Å². The van der Waals surface area contributed by atoms with Gasteiger partial charge in [-0.05, 0) is 0 Å². The van der Waals surface area contributed by atoms with Crippen LogP contribution in [0.5, 0.6) is 0 Å². The van der Waals surface area contributed by atoms with Crippen LogP contribution in [0.25, 0.3) is 0 Å². The van der Waals surface area contributed by atoms with Gasteiger partial charge in [-0.3, -0.25) is 4.79 Å². The molecule has 4 nitrogen and oxygen atoms in total. The van der Waals surface area contributed by atoms with Crippen LogP contribution in [-0.4, -0.2) is 17.0 Å². The number of amides is 1. The highest BCUT2D eigenvalue weighted by Gasteiger charge is 2.31. The summed E-state index contributed by atoms with van der Waals surface area (Å²) < 4.78 is 51.8. The van der Waals surface area contributed by atoms with Gasteiger partial charge in [-0.15, -0.1) is 0 Å². The number of carbonyl (C=O) groups is 2. The van der Waals surface area contributed by atoms with Crippen molar-refractivity contribution in [1.29, 1.82) is 0 Å². The highest BCUT2D eigenvalue weighted by Crippen LogP contribution is 2.23. The van der Waals surface area contributed by atoms with E-state index in [9.17, 15) is 27.2 Å². The zero-order valence-electron chi connectivity index (χ0n) is 7.35. The first-order valence-corrected chi connectivity index (χ1v) is 3.68. The van der Waals surface area contributed by atoms with Gasteiger partial charge in [-0.1, -0.05) is 0 Å². The number of carboxylic acid groups (broad SMARTS) is 1. The summed E-state index contributed by atoms with van der Waals surface area (Å²) in [5.74, 6) is -12.6. The van der Waals surface area contributed by atoms with E-state index >= 15 is 0 Å². The van der Waals surface area contributed by atoms with Crippen LogP contribution in [-0.2, 0) is 0 Å². The average Bonchev–Trinajstić information content (AvgIpc) is 2.14. The molecular formula is C8H3F4NO3. The van der Waals surface area contributed by atoms with Crippen molar-refractivity contribution < 1.29 is 32.3 Å². The van der Waals surface area contributed by atoms with E-state index in [0.717, 1.165) is 0 Å². The topological polar surface area (TPSA) is 80.4 Å². The Kier molecular flexibility index (Phi) is 2.84. The molecule has 0 aliphatic heterocycles. The number of hydrogen-bond donors (Lipinski definition) is 2. The molecule has 1 rings (SSSR count). The molecule has 0 unspecified atom stereocenters. The number of benzene rings is 1. The summed E-state index contributed by atoms with van der Waals surface area (Å²) >= 11 is 0. The fraction of sp³-hybridized carbons (Fsp3) is 0. The zero-order chi connectivity index (χ0) is 12.6. The van der Waals surface area contributed by atoms with Crippen LogP contribution < -0.4 is 5.73 Å². The number of halogens is 4. The number of primary amides is 1. The lowest BCUT2D eigenvalue weighted by Crippen LogP contribution is -2.21. The standard InChI is InChI=1S/C8H3F4NO3/c9-3-1(7(13)14)4(10)6(12)2(5(3)11)8(15)16/h(H2,13,14)(H,15,16). The van der Waals surface area contributed by atoms with Crippen molar-refractivity contribution in [2.75, 3.05) is 0 Å². The Labute approximate surface area is 85.3 Å². The van der Waals surface area contributed by atoms with E-state index < -0.39 is 46.3 Å². The molecule has 1 aromatic carbocycles. The lowest BCUT2D eigenvalue weighted by Gasteiger charge is -2.06. The summed E-state index contributed by atoms with van der Waals surface area (Å²) in [7, 11) is 0. The Bertz CT molecular complexity index is 427. The van der Waals surface area contributed by atoms with Crippen LogP contribution in [0.4, 0.5) is 17.6 Å². The number of hydrogen-bond acceptors (Lipinski definition) is 2. The van der Waals surface area contributed by atoms with Crippen molar-refractivity contribution in [2.24, 2.45) is 5.73 Å². The molecule has 86 valence electrons. The summed E-state index contributed by atoms with van der Waals surface area (Å²) in [5.41, 5.74) is 1.01. The predicted molar refractivity (Wildman–Crippen MR) is 41.8 cm³/mol. The SMILES string of the molecule is NC(=O)c1c(F)c(F)c(C(=O)O)c(F)c1F. The van der Waals surface area contributed by atoms with Crippen LogP contribution in [0.3, 0.4) is 0 Å². The van der Waals surface area contributed by atoms with Gasteiger partial charge in [0.25, 0.3) is 5.91 Å². The van der Waals surface area contributed by atoms with Gasteiger partial charge in [0.1, 0.15) is 11.1 Å². The predicted octanol–water partition coefficient (Wildman–Crippen LogP) is 1.04. The van der Waals surface area contributed by atoms with Crippen molar-refractivity contribution >= 4 is 11.9 Å². The molecule has 0 bridgehead atoms. The summed E-state index contributed by atoms with van der Waals surface area (Å²) in [4.78, 5) is 20.8. The second-order valence-electron chi connectivity index (χ2n) is 2.68. The molecule has 16 heavy (non-hydrogen) atoms. The monoisotopic (exact) mass is 237 g/mol. The fourth-order valence-corrected chi connectivity index (χ4v) is 1.04. The number of rotatable bonds is 2. The molecule has 0 spiro atoms. The maximum atomic E-state index is 13.0. The first kappa shape index (κ1) is 12.0. The van der Waals surface area contributed by atoms with Crippen LogP contribution in [0.1, 0.15) is 20.7 Å². The Balaban J connectivity index is 3.77.